The van der Waals surface area contributed by atoms with Gasteiger partial charge in [-0.1, -0.05) is 18.2 Å². The number of aliphatic carboxylic acids is 2. The van der Waals surface area contributed by atoms with Gasteiger partial charge < -0.3 is 75.1 Å². The van der Waals surface area contributed by atoms with E-state index in [1.807, 2.05) is 0 Å². The second-order valence-electron chi connectivity index (χ2n) is 14.3. The SMILES string of the molecule is C[C@H](NC(=O)[C@@H](NC(=O)[C@@H](N)CCCN=C(N)N)[C@@H](C)O)C(=O)N[C@@H](CS)C(=O)N[C@@H](CCC(=O)O)C(=O)N[C@@H](Cc1c[nH]c2ccccc12)C(=O)N[C@@H](CCC(N)=O)C(=O)O. The molecule has 0 unspecified atom stereocenters. The molecule has 62 heavy (non-hydrogen) atoms. The molecular weight excluding hydrogens is 837 g/mol. The fourth-order valence-corrected chi connectivity index (χ4v) is 6.06. The number of primary amides is 1. The van der Waals surface area contributed by atoms with E-state index in [-0.39, 0.29) is 43.9 Å². The molecule has 0 saturated heterocycles. The number of carbonyl (C=O) groups is 9. The molecule has 25 heteroatoms. The average molecular weight is 893 g/mol. The van der Waals surface area contributed by atoms with Gasteiger partial charge in [-0.25, -0.2) is 4.79 Å². The molecule has 7 amide bonds. The molecule has 342 valence electrons. The van der Waals surface area contributed by atoms with Gasteiger partial charge in [-0.2, -0.15) is 12.6 Å². The van der Waals surface area contributed by atoms with Gasteiger partial charge in [-0.05, 0) is 51.2 Å². The molecule has 0 aliphatic heterocycles. The molecule has 1 aromatic heterocycles. The van der Waals surface area contributed by atoms with Gasteiger partial charge >= 0.3 is 11.9 Å². The second kappa shape index (κ2) is 25.3. The van der Waals surface area contributed by atoms with Crippen LogP contribution in [0.4, 0.5) is 0 Å². The number of nitrogens with one attached hydrogen (secondary N) is 7. The Kier molecular flexibility index (Phi) is 21.1. The van der Waals surface area contributed by atoms with Crippen LogP contribution in [0.2, 0.25) is 0 Å². The van der Waals surface area contributed by atoms with E-state index < -0.39 is 115 Å². The molecule has 1 heterocycles. The Morgan fingerprint density at radius 1 is 0.726 bits per heavy atom. The number of carbonyl (C=O) groups excluding carboxylic acids is 7. The van der Waals surface area contributed by atoms with Gasteiger partial charge in [0.05, 0.1) is 12.1 Å². The zero-order valence-electron chi connectivity index (χ0n) is 34.1. The standard InChI is InChI=1S/C37H56N12O12S/c1-17(44-35(59)29(18(2)50)49-31(55)21(38)7-5-13-42-37(40)41)30(54)48-26(16-62)34(58)45-23(10-12-28(52)53)32(56)47-25(14-19-15-43-22-8-4-3-6-20(19)22)33(57)46-24(36(60)61)9-11-27(39)51/h3-4,6,8,15,17-18,21,23-26,29,43,50,62H,5,7,9-14,16,38H2,1-2H3,(H2,39,51)(H,44,59)(H,45,58)(H,46,57)(H,47,56)(H,48,54)(H,49,55)(H,52,53)(H,60,61)(H4,40,41,42)/t17-,18+,21-,23-,24-,25-,26-,29-/m0/s1. The molecule has 0 radical (unpaired) electrons. The Hall–Kier alpha value is -6.47. The Bertz CT molecular complexity index is 1960. The molecule has 0 saturated carbocycles. The Labute approximate surface area is 360 Å². The molecule has 24 nitrogen and oxygen atoms in total. The normalized spacial score (nSPS) is 14.9. The molecule has 18 N–H and O–H groups in total. The number of nitrogens with zero attached hydrogens (tertiary/aromatic N) is 1. The minimum absolute atomic E-state index is 0.134. The lowest BCUT2D eigenvalue weighted by Crippen LogP contribution is -2.61. The lowest BCUT2D eigenvalue weighted by Gasteiger charge is -2.27. The van der Waals surface area contributed by atoms with Crippen molar-refractivity contribution in [2.75, 3.05) is 12.3 Å². The van der Waals surface area contributed by atoms with Gasteiger partial charge in [0.2, 0.25) is 41.4 Å². The number of aromatic nitrogens is 1. The van der Waals surface area contributed by atoms with E-state index in [0.29, 0.717) is 22.9 Å². The molecule has 0 aliphatic carbocycles. The topological polar surface area (TPSA) is 419 Å². The third kappa shape index (κ3) is 17.3. The third-order valence-electron chi connectivity index (χ3n) is 9.24. The number of amides is 7. The zero-order valence-corrected chi connectivity index (χ0v) is 35.0. The summed E-state index contributed by atoms with van der Waals surface area (Å²) in [5.41, 5.74) is 22.8. The van der Waals surface area contributed by atoms with E-state index in [2.05, 4.69) is 54.5 Å². The highest BCUT2D eigenvalue weighted by Gasteiger charge is 2.34. The van der Waals surface area contributed by atoms with Crippen LogP contribution in [-0.2, 0) is 49.6 Å². The van der Waals surface area contributed by atoms with E-state index in [9.17, 15) is 58.5 Å². The first-order valence-electron chi connectivity index (χ1n) is 19.3. The number of carboxylic acids is 2. The number of carboxylic acid groups (broad SMARTS) is 2. The molecule has 0 aliphatic rings. The first-order chi connectivity index (χ1) is 29.1. The van der Waals surface area contributed by atoms with Crippen LogP contribution < -0.4 is 54.8 Å². The highest BCUT2D eigenvalue weighted by molar-refractivity contribution is 7.80. The van der Waals surface area contributed by atoms with Crippen molar-refractivity contribution in [3.05, 3.63) is 36.0 Å². The summed E-state index contributed by atoms with van der Waals surface area (Å²) in [4.78, 5) is 121. The minimum Gasteiger partial charge on any atom is -0.481 e. The fraction of sp³-hybridized carbons (Fsp3) is 0.514. The number of nitrogens with two attached hydrogens (primary N) is 4. The number of hydrogen-bond acceptors (Lipinski definition) is 13. The number of aliphatic imine (C=N–C) groups is 1. The van der Waals surface area contributed by atoms with E-state index in [4.69, 9.17) is 22.9 Å². The Morgan fingerprint density at radius 3 is 1.90 bits per heavy atom. The van der Waals surface area contributed by atoms with Crippen LogP contribution in [0.25, 0.3) is 10.9 Å². The van der Waals surface area contributed by atoms with Crippen molar-refractivity contribution < 1.29 is 58.5 Å². The quantitative estimate of drug-likeness (QED) is 0.0174. The maximum Gasteiger partial charge on any atom is 0.326 e. The van der Waals surface area contributed by atoms with Crippen molar-refractivity contribution in [2.24, 2.45) is 27.9 Å². The molecule has 0 fully saturated rings. The first kappa shape index (κ1) is 51.7. The summed E-state index contributed by atoms with van der Waals surface area (Å²) in [7, 11) is 0. The number of guanidine groups is 1. The molecule has 0 bridgehead atoms. The summed E-state index contributed by atoms with van der Waals surface area (Å²) in [5, 5.41) is 44.2. The van der Waals surface area contributed by atoms with E-state index in [0.717, 1.165) is 0 Å². The smallest absolute Gasteiger partial charge is 0.326 e. The minimum atomic E-state index is -1.63. The lowest BCUT2D eigenvalue weighted by molar-refractivity contribution is -0.142. The van der Waals surface area contributed by atoms with Crippen molar-refractivity contribution in [2.45, 2.75) is 107 Å². The first-order valence-corrected chi connectivity index (χ1v) is 20.0. The highest BCUT2D eigenvalue weighted by Crippen LogP contribution is 2.19. The van der Waals surface area contributed by atoms with Crippen LogP contribution in [0.15, 0.2) is 35.5 Å². The number of rotatable bonds is 27. The van der Waals surface area contributed by atoms with Gasteiger partial charge in [-0.15, -0.1) is 0 Å². The van der Waals surface area contributed by atoms with Gasteiger partial charge in [0.15, 0.2) is 5.96 Å². The second-order valence-corrected chi connectivity index (χ2v) is 14.6. The monoisotopic (exact) mass is 892 g/mol. The van der Waals surface area contributed by atoms with Crippen LogP contribution in [-0.4, -0.2) is 140 Å². The zero-order chi connectivity index (χ0) is 46.7. The van der Waals surface area contributed by atoms with Gasteiger partial charge in [0, 0.05) is 48.7 Å². The maximum atomic E-state index is 13.8. The predicted molar refractivity (Wildman–Crippen MR) is 226 cm³/mol. The van der Waals surface area contributed by atoms with Crippen LogP contribution in [0.5, 0.6) is 0 Å². The number of aliphatic hydroxyl groups is 1. The number of hydrogen-bond donors (Lipinski definition) is 15. The van der Waals surface area contributed by atoms with Crippen LogP contribution in [0, 0.1) is 0 Å². The average Bonchev–Trinajstić information content (AvgIpc) is 3.61. The van der Waals surface area contributed by atoms with E-state index in [1.165, 1.54) is 13.8 Å². The number of H-pyrrole nitrogens is 1. The van der Waals surface area contributed by atoms with Crippen LogP contribution in [0.3, 0.4) is 0 Å². The molecule has 0 spiro atoms. The highest BCUT2D eigenvalue weighted by atomic mass is 32.1. The number of aromatic amines is 1. The lowest BCUT2D eigenvalue weighted by atomic mass is 10.0. The maximum absolute atomic E-state index is 13.8. The summed E-state index contributed by atoms with van der Waals surface area (Å²) < 4.78 is 0. The number of para-hydroxylation sites is 1. The van der Waals surface area contributed by atoms with Gasteiger partial charge in [-0.3, -0.25) is 43.3 Å². The van der Waals surface area contributed by atoms with Crippen molar-refractivity contribution in [1.82, 2.24) is 36.9 Å². The number of aliphatic hydroxyl groups excluding tert-OH is 1. The number of thiol groups is 1. The molecular formula is C37H56N12O12S. The van der Waals surface area contributed by atoms with Crippen LogP contribution in [0.1, 0.15) is 57.9 Å². The number of fused-ring (bicyclic) bond motifs is 1. The Morgan fingerprint density at radius 2 is 1.31 bits per heavy atom. The molecule has 2 rings (SSSR count). The van der Waals surface area contributed by atoms with Gasteiger partial charge in [0.1, 0.15) is 36.3 Å². The summed E-state index contributed by atoms with van der Waals surface area (Å²) >= 11 is 4.12. The van der Waals surface area contributed by atoms with E-state index >= 15 is 0 Å². The largest absolute Gasteiger partial charge is 0.481 e. The van der Waals surface area contributed by atoms with Crippen LogP contribution >= 0.6 is 12.6 Å². The van der Waals surface area contributed by atoms with Crippen molar-refractivity contribution in [3.63, 3.8) is 0 Å². The van der Waals surface area contributed by atoms with Crippen molar-refractivity contribution in [1.29, 1.82) is 0 Å². The van der Waals surface area contributed by atoms with Crippen molar-refractivity contribution >= 4 is 82.8 Å². The Balaban J connectivity index is 2.23. The third-order valence-corrected chi connectivity index (χ3v) is 9.61. The van der Waals surface area contributed by atoms with E-state index in [1.54, 1.807) is 30.5 Å². The van der Waals surface area contributed by atoms with Gasteiger partial charge in [0.25, 0.3) is 0 Å². The fourth-order valence-electron chi connectivity index (χ4n) is 5.80. The number of benzene rings is 1. The predicted octanol–water partition coefficient (Wildman–Crippen LogP) is -4.45. The summed E-state index contributed by atoms with van der Waals surface area (Å²) in [6.07, 6.45) is -1.51. The summed E-state index contributed by atoms with van der Waals surface area (Å²) in [5.74, 6) is -9.91. The van der Waals surface area contributed by atoms with Crippen molar-refractivity contribution in [3.8, 4) is 0 Å². The molecule has 1 aromatic carbocycles. The summed E-state index contributed by atoms with van der Waals surface area (Å²) in [6, 6.07) is -3.25. The molecule has 8 atom stereocenters. The molecule has 2 aromatic rings. The summed E-state index contributed by atoms with van der Waals surface area (Å²) in [6.45, 7) is 2.65.